The molecule has 1 saturated carbocycles. The number of fused-ring (bicyclic) bond motifs is 1. The van der Waals surface area contributed by atoms with Crippen molar-refractivity contribution >= 4 is 35.2 Å². The number of carbonyl (C=O) groups is 3. The first-order valence-corrected chi connectivity index (χ1v) is 11.2. The lowest BCUT2D eigenvalue weighted by Crippen LogP contribution is -2.43. The molecule has 2 aliphatic rings. The highest BCUT2D eigenvalue weighted by Gasteiger charge is 2.35. The van der Waals surface area contributed by atoms with Gasteiger partial charge in [0.25, 0.3) is 5.91 Å². The Labute approximate surface area is 182 Å². The Morgan fingerprint density at radius 1 is 1.23 bits per heavy atom. The number of hydrogen-bond acceptors (Lipinski definition) is 5. The monoisotopic (exact) mass is 458 g/mol. The standard InChI is InChI=1S/C21H25F3N2O4S/c1-2-26(14-6-4-3-5-7-14)18(27)12-30-19(28)11-17-20(29)25-15-10-13(21(22,23)24)8-9-16(15)31-17/h8-10,14,17H,2-7,11-12H2,1H3,(H,25,29). The van der Waals surface area contributed by atoms with Gasteiger partial charge in [0, 0.05) is 17.5 Å². The maximum Gasteiger partial charge on any atom is 0.416 e. The van der Waals surface area contributed by atoms with Gasteiger partial charge in [0.2, 0.25) is 5.91 Å². The van der Waals surface area contributed by atoms with Crippen LogP contribution in [0.5, 0.6) is 0 Å². The lowest BCUT2D eigenvalue weighted by atomic mass is 9.94. The summed E-state index contributed by atoms with van der Waals surface area (Å²) in [7, 11) is 0. The number of rotatable bonds is 6. The number of nitrogens with one attached hydrogen (secondary N) is 1. The lowest BCUT2D eigenvalue weighted by molar-refractivity contribution is -0.153. The van der Waals surface area contributed by atoms with Crippen LogP contribution < -0.4 is 5.32 Å². The van der Waals surface area contributed by atoms with Crippen molar-refractivity contribution in [1.29, 1.82) is 0 Å². The van der Waals surface area contributed by atoms with E-state index in [1.807, 2.05) is 6.92 Å². The van der Waals surface area contributed by atoms with Crippen molar-refractivity contribution in [1.82, 2.24) is 4.90 Å². The molecule has 0 radical (unpaired) electrons. The summed E-state index contributed by atoms with van der Waals surface area (Å²) in [6.45, 7) is 2.05. The Morgan fingerprint density at radius 3 is 2.58 bits per heavy atom. The fourth-order valence-electron chi connectivity index (χ4n) is 3.93. The van der Waals surface area contributed by atoms with Gasteiger partial charge in [-0.05, 0) is 38.0 Å². The van der Waals surface area contributed by atoms with Crippen LogP contribution >= 0.6 is 11.8 Å². The number of halogens is 3. The highest BCUT2D eigenvalue weighted by atomic mass is 32.2. The second-order valence-corrected chi connectivity index (χ2v) is 8.89. The summed E-state index contributed by atoms with van der Waals surface area (Å²) in [6.07, 6.45) is 0.423. The van der Waals surface area contributed by atoms with E-state index in [-0.39, 0.29) is 30.7 Å². The Bertz CT molecular complexity index is 840. The number of alkyl halides is 3. The van der Waals surface area contributed by atoms with E-state index in [2.05, 4.69) is 5.32 Å². The fraction of sp³-hybridized carbons (Fsp3) is 0.571. The number of benzene rings is 1. The van der Waals surface area contributed by atoms with Crippen LogP contribution in [0.3, 0.4) is 0 Å². The van der Waals surface area contributed by atoms with Gasteiger partial charge >= 0.3 is 12.1 Å². The topological polar surface area (TPSA) is 75.7 Å². The van der Waals surface area contributed by atoms with Gasteiger partial charge in [0.15, 0.2) is 6.61 Å². The zero-order valence-electron chi connectivity index (χ0n) is 17.2. The van der Waals surface area contributed by atoms with Crippen molar-refractivity contribution in [3.8, 4) is 0 Å². The Balaban J connectivity index is 1.53. The molecule has 0 aromatic heterocycles. The predicted octanol–water partition coefficient (Wildman–Crippen LogP) is 4.23. The number of hydrogen-bond donors (Lipinski definition) is 1. The molecule has 1 aliphatic carbocycles. The molecule has 31 heavy (non-hydrogen) atoms. The van der Waals surface area contributed by atoms with E-state index in [9.17, 15) is 27.6 Å². The number of anilines is 1. The van der Waals surface area contributed by atoms with Crippen LogP contribution in [0.2, 0.25) is 0 Å². The molecule has 1 N–H and O–H groups in total. The van der Waals surface area contributed by atoms with Gasteiger partial charge in [0.1, 0.15) is 0 Å². The maximum absolute atomic E-state index is 12.8. The normalized spacial score (nSPS) is 19.4. The van der Waals surface area contributed by atoms with Crippen LogP contribution in [-0.2, 0) is 25.3 Å². The van der Waals surface area contributed by atoms with Gasteiger partial charge in [-0.25, -0.2) is 0 Å². The molecule has 1 aromatic carbocycles. The number of nitrogens with zero attached hydrogens (tertiary/aromatic N) is 1. The molecule has 1 atom stereocenters. The summed E-state index contributed by atoms with van der Waals surface area (Å²) in [4.78, 5) is 39.1. The zero-order valence-corrected chi connectivity index (χ0v) is 18.0. The molecule has 1 fully saturated rings. The molecule has 0 spiro atoms. The van der Waals surface area contributed by atoms with Gasteiger partial charge in [0.05, 0.1) is 22.9 Å². The third kappa shape index (κ3) is 5.93. The Hall–Kier alpha value is -2.23. The number of ether oxygens (including phenoxy) is 1. The molecular formula is C21H25F3N2O4S. The first kappa shape index (κ1) is 23.4. The van der Waals surface area contributed by atoms with Crippen molar-refractivity contribution in [2.75, 3.05) is 18.5 Å². The molecule has 10 heteroatoms. The average molecular weight is 459 g/mol. The molecule has 0 bridgehead atoms. The summed E-state index contributed by atoms with van der Waals surface area (Å²) >= 11 is 1.00. The summed E-state index contributed by atoms with van der Waals surface area (Å²) < 4.78 is 43.6. The minimum absolute atomic E-state index is 0.0655. The molecule has 1 aliphatic heterocycles. The van der Waals surface area contributed by atoms with E-state index in [1.54, 1.807) is 4.90 Å². The summed E-state index contributed by atoms with van der Waals surface area (Å²) in [5.74, 6) is -1.53. The molecule has 1 aromatic rings. The van der Waals surface area contributed by atoms with E-state index in [0.29, 0.717) is 11.4 Å². The highest BCUT2D eigenvalue weighted by molar-refractivity contribution is 8.01. The highest BCUT2D eigenvalue weighted by Crippen LogP contribution is 2.40. The maximum atomic E-state index is 12.8. The molecular weight excluding hydrogens is 433 g/mol. The Kier molecular flexibility index (Phi) is 7.51. The number of thioether (sulfide) groups is 1. The van der Waals surface area contributed by atoms with Gasteiger partial charge < -0.3 is 15.0 Å². The summed E-state index contributed by atoms with van der Waals surface area (Å²) in [6, 6.07) is 3.25. The van der Waals surface area contributed by atoms with Crippen LogP contribution in [0.1, 0.15) is 51.0 Å². The third-order valence-corrected chi connectivity index (χ3v) is 6.79. The molecule has 1 heterocycles. The first-order chi connectivity index (χ1) is 14.7. The van der Waals surface area contributed by atoms with E-state index in [4.69, 9.17) is 4.74 Å². The molecule has 1 unspecified atom stereocenters. The predicted molar refractivity (Wildman–Crippen MR) is 110 cm³/mol. The van der Waals surface area contributed by atoms with Gasteiger partial charge in [-0.2, -0.15) is 13.2 Å². The van der Waals surface area contributed by atoms with E-state index < -0.39 is 28.9 Å². The van der Waals surface area contributed by atoms with Crippen molar-refractivity contribution in [2.45, 2.75) is 67.8 Å². The molecule has 3 rings (SSSR count). The largest absolute Gasteiger partial charge is 0.456 e. The first-order valence-electron chi connectivity index (χ1n) is 10.3. The summed E-state index contributed by atoms with van der Waals surface area (Å²) in [5, 5.41) is 1.58. The molecule has 6 nitrogen and oxygen atoms in total. The Morgan fingerprint density at radius 2 is 1.94 bits per heavy atom. The van der Waals surface area contributed by atoms with Crippen molar-refractivity contribution < 1.29 is 32.3 Å². The summed E-state index contributed by atoms with van der Waals surface area (Å²) in [5.41, 5.74) is -0.794. The molecule has 170 valence electrons. The average Bonchev–Trinajstić information content (AvgIpc) is 2.73. The van der Waals surface area contributed by atoms with E-state index >= 15 is 0 Å². The molecule has 0 saturated heterocycles. The van der Waals surface area contributed by atoms with Crippen LogP contribution in [0, 0.1) is 0 Å². The van der Waals surface area contributed by atoms with Gasteiger partial charge in [-0.3, -0.25) is 14.4 Å². The van der Waals surface area contributed by atoms with E-state index in [0.717, 1.165) is 49.6 Å². The number of likely N-dealkylation sites (N-methyl/N-ethyl adjacent to an activating group) is 1. The van der Waals surface area contributed by atoms with Crippen LogP contribution in [0.15, 0.2) is 23.1 Å². The van der Waals surface area contributed by atoms with Crippen molar-refractivity contribution in [3.63, 3.8) is 0 Å². The fourth-order valence-corrected chi connectivity index (χ4v) is 5.00. The van der Waals surface area contributed by atoms with Gasteiger partial charge in [-0.15, -0.1) is 11.8 Å². The van der Waals surface area contributed by atoms with Crippen LogP contribution in [0.25, 0.3) is 0 Å². The van der Waals surface area contributed by atoms with Crippen molar-refractivity contribution in [3.05, 3.63) is 23.8 Å². The smallest absolute Gasteiger partial charge is 0.416 e. The van der Waals surface area contributed by atoms with E-state index in [1.165, 1.54) is 12.5 Å². The minimum Gasteiger partial charge on any atom is -0.456 e. The minimum atomic E-state index is -4.51. The number of carbonyl (C=O) groups excluding carboxylic acids is 3. The van der Waals surface area contributed by atoms with Gasteiger partial charge in [-0.1, -0.05) is 19.3 Å². The number of amides is 2. The van der Waals surface area contributed by atoms with Crippen LogP contribution in [0.4, 0.5) is 18.9 Å². The second kappa shape index (κ2) is 9.93. The van der Waals surface area contributed by atoms with Crippen molar-refractivity contribution in [2.24, 2.45) is 0 Å². The third-order valence-electron chi connectivity index (χ3n) is 5.51. The van der Waals surface area contributed by atoms with Crippen LogP contribution in [-0.4, -0.2) is 47.1 Å². The molecule has 2 amide bonds. The zero-order chi connectivity index (χ0) is 22.6. The second-order valence-electron chi connectivity index (χ2n) is 7.64. The SMILES string of the molecule is CCN(C(=O)COC(=O)CC1Sc2ccc(C(F)(F)F)cc2NC1=O)C1CCCCC1. The lowest BCUT2D eigenvalue weighted by Gasteiger charge is -2.33. The quantitative estimate of drug-likeness (QED) is 0.646. The number of esters is 1.